The molecule has 188 valence electrons. The maximum atomic E-state index is 12.2. The number of carbonyl (C=O) groups is 4. The van der Waals surface area contributed by atoms with Gasteiger partial charge in [-0.1, -0.05) is 0 Å². The van der Waals surface area contributed by atoms with Crippen molar-refractivity contribution in [3.8, 4) is 0 Å². The molecule has 0 radical (unpaired) electrons. The number of alkyl halides is 3. The standard InChI is InChI=1S/C17H33N3O5.C2HF3O2/c1-16(2,3)24-14(22)12(20-13(21)11-18)9-7-8-10-19-15(23)25-17(4,5)6;3-2(4,5)1(6)7/h12H,7-11,18H2,1-6H3,(H,19,23)(H,20,21);(H,6,7)/t12-;/m0./s1. The van der Waals surface area contributed by atoms with E-state index in [0.29, 0.717) is 25.8 Å². The van der Waals surface area contributed by atoms with Crippen molar-refractivity contribution in [2.75, 3.05) is 13.1 Å². The number of hydrogen-bond acceptors (Lipinski definition) is 7. The average Bonchev–Trinajstić information content (AvgIpc) is 2.56. The van der Waals surface area contributed by atoms with Crippen LogP contribution in [0.1, 0.15) is 60.8 Å². The van der Waals surface area contributed by atoms with Crippen molar-refractivity contribution < 1.29 is 46.9 Å². The van der Waals surface area contributed by atoms with Gasteiger partial charge in [-0.25, -0.2) is 14.4 Å². The number of amides is 2. The zero-order chi connectivity index (χ0) is 25.8. The second-order valence-corrected chi connectivity index (χ2v) is 8.59. The molecule has 0 aromatic heterocycles. The van der Waals surface area contributed by atoms with Gasteiger partial charge >= 0.3 is 24.2 Å². The van der Waals surface area contributed by atoms with Gasteiger partial charge in [0.2, 0.25) is 5.91 Å². The van der Waals surface area contributed by atoms with Gasteiger partial charge in [-0.2, -0.15) is 13.2 Å². The maximum absolute atomic E-state index is 12.2. The summed E-state index contributed by atoms with van der Waals surface area (Å²) < 4.78 is 42.2. The number of alkyl carbamates (subject to hydrolysis) is 1. The van der Waals surface area contributed by atoms with E-state index in [4.69, 9.17) is 25.1 Å². The van der Waals surface area contributed by atoms with Crippen LogP contribution < -0.4 is 16.4 Å². The highest BCUT2D eigenvalue weighted by atomic mass is 19.4. The molecule has 0 saturated carbocycles. The SMILES string of the molecule is CC(C)(C)OC(=O)NCCCC[C@H](NC(=O)CN)C(=O)OC(C)(C)C.O=C(O)C(F)(F)F. The number of carbonyl (C=O) groups excluding carboxylic acids is 3. The number of unbranched alkanes of at least 4 members (excludes halogenated alkanes) is 1. The van der Waals surface area contributed by atoms with Crippen LogP contribution in [0.15, 0.2) is 0 Å². The zero-order valence-electron chi connectivity index (χ0n) is 19.2. The number of hydrogen-bond donors (Lipinski definition) is 4. The molecule has 0 spiro atoms. The van der Waals surface area contributed by atoms with Gasteiger partial charge in [0, 0.05) is 6.54 Å². The molecule has 1 atom stereocenters. The van der Waals surface area contributed by atoms with Gasteiger partial charge in [0.05, 0.1) is 6.54 Å². The number of esters is 1. The van der Waals surface area contributed by atoms with E-state index in [0.717, 1.165) is 0 Å². The highest BCUT2D eigenvalue weighted by molar-refractivity contribution is 5.85. The van der Waals surface area contributed by atoms with E-state index < -0.39 is 47.4 Å². The minimum atomic E-state index is -5.08. The molecule has 13 heteroatoms. The lowest BCUT2D eigenvalue weighted by Crippen LogP contribution is -2.46. The predicted octanol–water partition coefficient (Wildman–Crippen LogP) is 2.10. The molecule has 0 unspecified atom stereocenters. The van der Waals surface area contributed by atoms with Crippen molar-refractivity contribution in [2.45, 2.75) is 84.2 Å². The number of nitrogens with two attached hydrogens (primary N) is 1. The number of carboxylic acids is 1. The first kappa shape index (κ1) is 31.6. The van der Waals surface area contributed by atoms with Crippen LogP contribution in [0.2, 0.25) is 0 Å². The minimum Gasteiger partial charge on any atom is -0.475 e. The van der Waals surface area contributed by atoms with E-state index in [2.05, 4.69) is 10.6 Å². The van der Waals surface area contributed by atoms with Gasteiger partial charge in [-0.15, -0.1) is 0 Å². The summed E-state index contributed by atoms with van der Waals surface area (Å²) in [6.07, 6.45) is -3.91. The van der Waals surface area contributed by atoms with E-state index >= 15 is 0 Å². The smallest absolute Gasteiger partial charge is 0.475 e. The molecule has 0 rings (SSSR count). The number of nitrogens with one attached hydrogen (secondary N) is 2. The van der Waals surface area contributed by atoms with Crippen LogP contribution in [0, 0.1) is 0 Å². The minimum absolute atomic E-state index is 0.195. The Morgan fingerprint density at radius 2 is 1.41 bits per heavy atom. The normalized spacial score (nSPS) is 12.6. The lowest BCUT2D eigenvalue weighted by molar-refractivity contribution is -0.192. The van der Waals surface area contributed by atoms with Crippen molar-refractivity contribution >= 4 is 23.9 Å². The van der Waals surface area contributed by atoms with Crippen LogP contribution in [-0.2, 0) is 23.9 Å². The third-order valence-electron chi connectivity index (χ3n) is 3.04. The fourth-order valence-electron chi connectivity index (χ4n) is 1.85. The molecule has 0 aliphatic rings. The fourth-order valence-corrected chi connectivity index (χ4v) is 1.85. The Labute approximate surface area is 185 Å². The van der Waals surface area contributed by atoms with E-state index in [1.54, 1.807) is 41.5 Å². The molecular formula is C19H34F3N3O7. The van der Waals surface area contributed by atoms with Crippen LogP contribution in [0.25, 0.3) is 0 Å². The van der Waals surface area contributed by atoms with Crippen LogP contribution >= 0.6 is 0 Å². The summed E-state index contributed by atoms with van der Waals surface area (Å²) in [6.45, 7) is 10.9. The summed E-state index contributed by atoms with van der Waals surface area (Å²) in [5.74, 6) is -3.66. The Balaban J connectivity index is 0. The summed E-state index contributed by atoms with van der Waals surface area (Å²) >= 11 is 0. The van der Waals surface area contributed by atoms with Crippen LogP contribution in [-0.4, -0.2) is 65.6 Å². The lowest BCUT2D eigenvalue weighted by atomic mass is 10.1. The van der Waals surface area contributed by atoms with Crippen LogP contribution in [0.3, 0.4) is 0 Å². The number of halogens is 3. The molecule has 32 heavy (non-hydrogen) atoms. The van der Waals surface area contributed by atoms with E-state index in [1.807, 2.05) is 0 Å². The maximum Gasteiger partial charge on any atom is 0.490 e. The Kier molecular flexibility index (Phi) is 13.6. The second-order valence-electron chi connectivity index (χ2n) is 8.59. The van der Waals surface area contributed by atoms with Gasteiger partial charge in [0.1, 0.15) is 17.2 Å². The van der Waals surface area contributed by atoms with Crippen molar-refractivity contribution in [3.05, 3.63) is 0 Å². The Bertz CT molecular complexity index is 627. The third kappa shape index (κ3) is 19.4. The first-order chi connectivity index (χ1) is 14.3. The molecule has 0 saturated heterocycles. The molecule has 5 N–H and O–H groups in total. The molecule has 10 nitrogen and oxygen atoms in total. The number of ether oxygens (including phenoxy) is 2. The molecule has 0 bridgehead atoms. The summed E-state index contributed by atoms with van der Waals surface area (Å²) in [4.78, 5) is 44.1. The predicted molar refractivity (Wildman–Crippen MR) is 109 cm³/mol. The number of carboxylic acid groups (broad SMARTS) is 1. The molecular weight excluding hydrogens is 439 g/mol. The molecule has 0 aliphatic heterocycles. The number of rotatable bonds is 8. The van der Waals surface area contributed by atoms with Crippen LogP contribution in [0.4, 0.5) is 18.0 Å². The highest BCUT2D eigenvalue weighted by Crippen LogP contribution is 2.13. The van der Waals surface area contributed by atoms with E-state index in [-0.39, 0.29) is 6.54 Å². The van der Waals surface area contributed by atoms with Gasteiger partial charge < -0.3 is 30.9 Å². The Morgan fingerprint density at radius 1 is 0.938 bits per heavy atom. The summed E-state index contributed by atoms with van der Waals surface area (Å²) in [5.41, 5.74) is 4.10. The van der Waals surface area contributed by atoms with Crippen LogP contribution in [0.5, 0.6) is 0 Å². The van der Waals surface area contributed by atoms with Gasteiger partial charge in [0.15, 0.2) is 0 Å². The van der Waals surface area contributed by atoms with Crippen molar-refractivity contribution in [3.63, 3.8) is 0 Å². The largest absolute Gasteiger partial charge is 0.490 e. The first-order valence-electron chi connectivity index (χ1n) is 9.77. The molecule has 0 aromatic rings. The van der Waals surface area contributed by atoms with Gasteiger partial charge in [-0.05, 0) is 60.8 Å². The quantitative estimate of drug-likeness (QED) is 0.308. The summed E-state index contributed by atoms with van der Waals surface area (Å²) in [6, 6.07) is -0.753. The van der Waals surface area contributed by atoms with Crippen molar-refractivity contribution in [1.82, 2.24) is 10.6 Å². The fraction of sp³-hybridized carbons (Fsp3) is 0.789. The molecule has 0 aliphatic carbocycles. The lowest BCUT2D eigenvalue weighted by Gasteiger charge is -2.24. The van der Waals surface area contributed by atoms with Gasteiger partial charge in [0.25, 0.3) is 0 Å². The Hall–Kier alpha value is -2.57. The molecule has 0 aromatic carbocycles. The topological polar surface area (TPSA) is 157 Å². The third-order valence-corrected chi connectivity index (χ3v) is 3.04. The second kappa shape index (κ2) is 13.8. The molecule has 2 amide bonds. The monoisotopic (exact) mass is 473 g/mol. The first-order valence-corrected chi connectivity index (χ1v) is 9.77. The van der Waals surface area contributed by atoms with Crippen molar-refractivity contribution in [2.24, 2.45) is 5.73 Å². The highest BCUT2D eigenvalue weighted by Gasteiger charge is 2.38. The molecule has 0 fully saturated rings. The summed E-state index contributed by atoms with van der Waals surface area (Å²) in [5, 5.41) is 12.3. The zero-order valence-corrected chi connectivity index (χ0v) is 19.2. The van der Waals surface area contributed by atoms with E-state index in [9.17, 15) is 27.6 Å². The van der Waals surface area contributed by atoms with E-state index in [1.165, 1.54) is 0 Å². The van der Waals surface area contributed by atoms with Crippen molar-refractivity contribution in [1.29, 1.82) is 0 Å². The molecule has 0 heterocycles. The van der Waals surface area contributed by atoms with Gasteiger partial charge in [-0.3, -0.25) is 4.79 Å². The average molecular weight is 473 g/mol. The number of aliphatic carboxylic acids is 1. The summed E-state index contributed by atoms with van der Waals surface area (Å²) in [7, 11) is 0. The Morgan fingerprint density at radius 3 is 1.78 bits per heavy atom.